The van der Waals surface area contributed by atoms with Crippen molar-refractivity contribution in [3.63, 3.8) is 0 Å². The fourth-order valence-corrected chi connectivity index (χ4v) is 3.51. The summed E-state index contributed by atoms with van der Waals surface area (Å²) in [5, 5.41) is 5.71. The molecule has 2 aromatic rings. The molecule has 26 heavy (non-hydrogen) atoms. The molecule has 0 unspecified atom stereocenters. The average molecular weight is 397 g/mol. The van der Waals surface area contributed by atoms with Crippen molar-refractivity contribution in [1.29, 1.82) is 0 Å². The molecule has 0 saturated carbocycles. The van der Waals surface area contributed by atoms with Gasteiger partial charge in [0.15, 0.2) is 0 Å². The lowest BCUT2D eigenvalue weighted by Crippen LogP contribution is -2.39. The molecule has 1 N–H and O–H groups in total. The lowest BCUT2D eigenvalue weighted by molar-refractivity contribution is -0.119. The summed E-state index contributed by atoms with van der Waals surface area (Å²) in [6, 6.07) is 8.38. The fraction of sp³-hybridized carbons (Fsp3) is 0.250. The number of sulfonamides is 1. The van der Waals surface area contributed by atoms with Gasteiger partial charge >= 0.3 is 0 Å². The number of methoxy groups -OCH3 is 2. The molecule has 0 spiro atoms. The average Bonchev–Trinajstić information content (AvgIpc) is 3.11. The Balaban J connectivity index is 2.22. The van der Waals surface area contributed by atoms with Gasteiger partial charge in [0.2, 0.25) is 10.0 Å². The van der Waals surface area contributed by atoms with Gasteiger partial charge in [-0.1, -0.05) is 6.07 Å². The van der Waals surface area contributed by atoms with Crippen molar-refractivity contribution in [2.75, 3.05) is 31.3 Å². The minimum absolute atomic E-state index is 0.201. The highest BCUT2D eigenvalue weighted by atomic mass is 32.2. The SMILES string of the molecule is COc1ccc(OC)c(N(CC(=O)N/N=C/c2cccs2)S(C)(=O)=O)c1. The predicted molar refractivity (Wildman–Crippen MR) is 102 cm³/mol. The number of carbonyl (C=O) groups is 1. The van der Waals surface area contributed by atoms with E-state index >= 15 is 0 Å². The van der Waals surface area contributed by atoms with Crippen molar-refractivity contribution in [3.05, 3.63) is 40.6 Å². The van der Waals surface area contributed by atoms with E-state index in [2.05, 4.69) is 10.5 Å². The van der Waals surface area contributed by atoms with Crippen LogP contribution in [0.15, 0.2) is 40.8 Å². The van der Waals surface area contributed by atoms with Crippen molar-refractivity contribution in [2.45, 2.75) is 0 Å². The summed E-state index contributed by atoms with van der Waals surface area (Å²) in [6.07, 6.45) is 2.49. The van der Waals surface area contributed by atoms with Crippen LogP contribution in [0.3, 0.4) is 0 Å². The first-order valence-corrected chi connectivity index (χ1v) is 10.1. The molecule has 8 nitrogen and oxygen atoms in total. The van der Waals surface area contributed by atoms with E-state index in [0.29, 0.717) is 11.5 Å². The lowest BCUT2D eigenvalue weighted by atomic mass is 10.2. The highest BCUT2D eigenvalue weighted by Gasteiger charge is 2.24. The van der Waals surface area contributed by atoms with E-state index in [1.54, 1.807) is 12.1 Å². The number of nitrogens with zero attached hydrogens (tertiary/aromatic N) is 2. The smallest absolute Gasteiger partial charge is 0.260 e. The normalized spacial score (nSPS) is 11.3. The topological polar surface area (TPSA) is 97.3 Å². The Morgan fingerprint density at radius 3 is 2.65 bits per heavy atom. The van der Waals surface area contributed by atoms with Crippen LogP contribution in [0.4, 0.5) is 5.69 Å². The largest absolute Gasteiger partial charge is 0.497 e. The molecule has 0 atom stereocenters. The van der Waals surface area contributed by atoms with Crippen LogP contribution in [0.5, 0.6) is 11.5 Å². The third-order valence-corrected chi connectivity index (χ3v) is 5.20. The molecule has 0 aliphatic rings. The first-order valence-electron chi connectivity index (χ1n) is 7.40. The highest BCUT2D eigenvalue weighted by Crippen LogP contribution is 2.33. The van der Waals surface area contributed by atoms with E-state index in [-0.39, 0.29) is 5.69 Å². The van der Waals surface area contributed by atoms with E-state index in [1.807, 2.05) is 17.5 Å². The predicted octanol–water partition coefficient (Wildman–Crippen LogP) is 1.68. The van der Waals surface area contributed by atoms with Crippen molar-refractivity contribution >= 4 is 39.2 Å². The van der Waals surface area contributed by atoms with Gasteiger partial charge in [-0.05, 0) is 23.6 Å². The quantitative estimate of drug-likeness (QED) is 0.540. The Morgan fingerprint density at radius 2 is 2.08 bits per heavy atom. The number of ether oxygens (including phenoxy) is 2. The number of amides is 1. The van der Waals surface area contributed by atoms with Crippen LogP contribution in [0, 0.1) is 0 Å². The number of hydrogen-bond acceptors (Lipinski definition) is 7. The second-order valence-electron chi connectivity index (χ2n) is 5.12. The number of rotatable bonds is 8. The molecule has 0 radical (unpaired) electrons. The lowest BCUT2D eigenvalue weighted by Gasteiger charge is -2.23. The molecule has 1 amide bonds. The van der Waals surface area contributed by atoms with Crippen LogP contribution in [0.1, 0.15) is 4.88 Å². The minimum atomic E-state index is -3.75. The zero-order valence-electron chi connectivity index (χ0n) is 14.5. The monoisotopic (exact) mass is 397 g/mol. The number of benzene rings is 1. The first kappa shape index (κ1) is 19.7. The zero-order chi connectivity index (χ0) is 19.2. The standard InChI is InChI=1S/C16H19N3O5S2/c1-23-12-6-7-15(24-2)14(9-12)19(26(3,21)22)11-16(20)18-17-10-13-5-4-8-25-13/h4-10H,11H2,1-3H3,(H,18,20)/b17-10+. The second kappa shape index (κ2) is 8.68. The van der Waals surface area contributed by atoms with E-state index in [1.165, 1.54) is 37.8 Å². The molecule has 10 heteroatoms. The maximum atomic E-state index is 12.2. The number of hydrogen-bond donors (Lipinski definition) is 1. The number of carbonyl (C=O) groups excluding carboxylic acids is 1. The number of thiophene rings is 1. The molecule has 1 aromatic heterocycles. The van der Waals surface area contributed by atoms with Gasteiger partial charge in [-0.15, -0.1) is 11.3 Å². The second-order valence-corrected chi connectivity index (χ2v) is 8.00. The van der Waals surface area contributed by atoms with Gasteiger partial charge < -0.3 is 9.47 Å². The molecular formula is C16H19N3O5S2. The number of nitrogens with one attached hydrogen (secondary N) is 1. The minimum Gasteiger partial charge on any atom is -0.497 e. The Labute approximate surface area is 156 Å². The van der Waals surface area contributed by atoms with Crippen molar-refractivity contribution in [1.82, 2.24) is 5.43 Å². The number of hydrazone groups is 1. The summed E-state index contributed by atoms with van der Waals surface area (Å²) in [4.78, 5) is 13.0. The van der Waals surface area contributed by atoms with E-state index in [4.69, 9.17) is 9.47 Å². The molecule has 140 valence electrons. The third-order valence-electron chi connectivity index (χ3n) is 3.27. The highest BCUT2D eigenvalue weighted by molar-refractivity contribution is 7.92. The van der Waals surface area contributed by atoms with Crippen molar-refractivity contribution < 1.29 is 22.7 Å². The van der Waals surface area contributed by atoms with Gasteiger partial charge in [-0.25, -0.2) is 13.8 Å². The Kier molecular flexibility index (Phi) is 6.58. The van der Waals surface area contributed by atoms with Gasteiger partial charge in [-0.3, -0.25) is 9.10 Å². The summed E-state index contributed by atoms with van der Waals surface area (Å²) < 4.78 is 35.7. The molecule has 0 aliphatic carbocycles. The molecule has 2 rings (SSSR count). The Bertz CT molecular complexity index is 879. The van der Waals surface area contributed by atoms with E-state index < -0.39 is 22.5 Å². The molecule has 0 bridgehead atoms. The molecule has 0 fully saturated rings. The first-order chi connectivity index (χ1) is 12.3. The summed E-state index contributed by atoms with van der Waals surface area (Å²) >= 11 is 1.46. The van der Waals surface area contributed by atoms with Crippen LogP contribution in [0.2, 0.25) is 0 Å². The van der Waals surface area contributed by atoms with Crippen molar-refractivity contribution in [3.8, 4) is 11.5 Å². The van der Waals surface area contributed by atoms with Gasteiger partial charge in [0.1, 0.15) is 18.0 Å². The van der Waals surface area contributed by atoms with Gasteiger partial charge in [0.25, 0.3) is 5.91 Å². The molecular weight excluding hydrogens is 378 g/mol. The zero-order valence-corrected chi connectivity index (χ0v) is 16.1. The van der Waals surface area contributed by atoms with E-state index in [0.717, 1.165) is 15.4 Å². The van der Waals surface area contributed by atoms with Crippen LogP contribution in [0.25, 0.3) is 0 Å². The van der Waals surface area contributed by atoms with Crippen molar-refractivity contribution in [2.24, 2.45) is 5.10 Å². The summed E-state index contributed by atoms with van der Waals surface area (Å²) in [5.41, 5.74) is 2.52. The molecule has 1 aromatic carbocycles. The van der Waals surface area contributed by atoms with E-state index in [9.17, 15) is 13.2 Å². The molecule has 1 heterocycles. The maximum Gasteiger partial charge on any atom is 0.260 e. The summed E-state index contributed by atoms with van der Waals surface area (Å²) in [6.45, 7) is -0.454. The maximum absolute atomic E-state index is 12.2. The van der Waals surface area contributed by atoms with Crippen LogP contribution in [-0.2, 0) is 14.8 Å². The van der Waals surface area contributed by atoms with Crippen LogP contribution in [-0.4, -0.2) is 47.6 Å². The third kappa shape index (κ3) is 5.20. The van der Waals surface area contributed by atoms with Gasteiger partial charge in [-0.2, -0.15) is 5.10 Å². The molecule has 0 aliphatic heterocycles. The summed E-state index contributed by atoms with van der Waals surface area (Å²) in [5.74, 6) is 0.143. The molecule has 0 saturated heterocycles. The number of anilines is 1. The van der Waals surface area contributed by atoms with Gasteiger partial charge in [0, 0.05) is 10.9 Å². The van der Waals surface area contributed by atoms with Gasteiger partial charge in [0.05, 0.1) is 32.4 Å². The van der Waals surface area contributed by atoms with Crippen LogP contribution < -0.4 is 19.2 Å². The fourth-order valence-electron chi connectivity index (χ4n) is 2.07. The Hall–Kier alpha value is -2.59. The Morgan fingerprint density at radius 1 is 1.31 bits per heavy atom. The summed E-state index contributed by atoms with van der Waals surface area (Å²) in [7, 11) is -0.877. The van der Waals surface area contributed by atoms with Crippen LogP contribution >= 0.6 is 11.3 Å².